The van der Waals surface area contributed by atoms with E-state index in [0.717, 1.165) is 113 Å². The molecule has 15 heteroatoms. The number of halogens is 3. The quantitative estimate of drug-likeness (QED) is 0.143. The zero-order valence-corrected chi connectivity index (χ0v) is 41.7. The summed E-state index contributed by atoms with van der Waals surface area (Å²) in [6, 6.07) is 21.7. The van der Waals surface area contributed by atoms with E-state index in [9.17, 15) is 18.8 Å². The average molecular weight is 971 g/mol. The fourth-order valence-electron chi connectivity index (χ4n) is 13.1. The second-order valence-electron chi connectivity index (χ2n) is 21.1. The Hall–Kier alpha value is -5.65. The van der Waals surface area contributed by atoms with Crippen LogP contribution in [0.1, 0.15) is 106 Å². The summed E-state index contributed by atoms with van der Waals surface area (Å²) in [7, 11) is 1.80. The number of carbonyl (C=O) groups excluding carboxylic acids is 1. The van der Waals surface area contributed by atoms with Crippen LogP contribution in [0.5, 0.6) is 0 Å². The number of piperidine rings is 3. The normalized spacial score (nSPS) is 21.2. The maximum atomic E-state index is 14.8. The number of rotatable bonds is 9. The molecule has 368 valence electrons. The third-order valence-corrected chi connectivity index (χ3v) is 17.7. The number of aryl methyl sites for hydroxylation is 2. The van der Waals surface area contributed by atoms with Gasteiger partial charge in [-0.05, 0) is 142 Å². The molecule has 0 N–H and O–H groups in total. The Balaban J connectivity index is 0.694. The largest absolute Gasteiger partial charge is 0.372 e. The molecule has 1 spiro atoms. The Morgan fingerprint density at radius 3 is 2.23 bits per heavy atom. The number of alkyl halides is 2. The SMILES string of the molecule is CC(=O)N1CCc2c(c(N3CCCc4cc(-c5cnn(C)c5)c(C(F)F)cc43)nn2C2CCN(CC3CCN(c4ccc(N5CCC6(CC5)CCN(c5ccc(C#N)c(Cl)c5)[C@@H]6C)cc4)CC3)CC2)C1. The van der Waals surface area contributed by atoms with Gasteiger partial charge in [0.05, 0.1) is 29.4 Å². The number of aromatic nitrogens is 4. The number of hydrogen-bond donors (Lipinski definition) is 0. The van der Waals surface area contributed by atoms with E-state index >= 15 is 0 Å². The van der Waals surface area contributed by atoms with Crippen LogP contribution >= 0.6 is 11.6 Å². The van der Waals surface area contributed by atoms with E-state index in [2.05, 4.69) is 77.6 Å². The Morgan fingerprint density at radius 1 is 0.871 bits per heavy atom. The van der Waals surface area contributed by atoms with Crippen LogP contribution in [0.15, 0.2) is 67.0 Å². The van der Waals surface area contributed by atoms with E-state index in [1.807, 2.05) is 23.1 Å². The highest BCUT2D eigenvalue weighted by atomic mass is 35.5. The van der Waals surface area contributed by atoms with E-state index in [1.165, 1.54) is 49.2 Å². The number of nitrogens with zero attached hydrogens (tertiary/aromatic N) is 11. The summed E-state index contributed by atoms with van der Waals surface area (Å²) < 4.78 is 33.5. The van der Waals surface area contributed by atoms with Gasteiger partial charge in [0.2, 0.25) is 5.91 Å². The first-order chi connectivity index (χ1) is 33.9. The third-order valence-electron chi connectivity index (χ3n) is 17.4. The molecule has 1 atom stereocenters. The van der Waals surface area contributed by atoms with Gasteiger partial charge in [-0.25, -0.2) is 8.78 Å². The van der Waals surface area contributed by atoms with Gasteiger partial charge in [-0.2, -0.15) is 15.5 Å². The fraction of sp³-hybridized carbons (Fsp3) is 0.527. The number of fused-ring (bicyclic) bond motifs is 2. The smallest absolute Gasteiger partial charge is 0.264 e. The van der Waals surface area contributed by atoms with Crippen molar-refractivity contribution in [3.63, 3.8) is 0 Å². The van der Waals surface area contributed by atoms with Gasteiger partial charge in [-0.15, -0.1) is 0 Å². The molecule has 70 heavy (non-hydrogen) atoms. The van der Waals surface area contributed by atoms with Crippen molar-refractivity contribution in [2.24, 2.45) is 18.4 Å². The Morgan fingerprint density at radius 2 is 1.57 bits per heavy atom. The minimum absolute atomic E-state index is 0.00740. The molecule has 0 bridgehead atoms. The van der Waals surface area contributed by atoms with Crippen molar-refractivity contribution in [2.75, 3.05) is 85.0 Å². The minimum Gasteiger partial charge on any atom is -0.372 e. The van der Waals surface area contributed by atoms with Crippen LogP contribution in [0.3, 0.4) is 0 Å². The number of nitriles is 1. The van der Waals surface area contributed by atoms with Crippen molar-refractivity contribution < 1.29 is 13.6 Å². The van der Waals surface area contributed by atoms with Crippen molar-refractivity contribution in [2.45, 2.75) is 103 Å². The van der Waals surface area contributed by atoms with Crippen molar-refractivity contribution in [3.05, 3.63) is 100.0 Å². The molecule has 12 nitrogen and oxygen atoms in total. The molecular weight excluding hydrogens is 904 g/mol. The number of likely N-dealkylation sites (tertiary alicyclic amines) is 1. The number of anilines is 5. The fourth-order valence-corrected chi connectivity index (χ4v) is 13.3. The van der Waals surface area contributed by atoms with Crippen LogP contribution in [-0.2, 0) is 31.2 Å². The third kappa shape index (κ3) is 8.79. The van der Waals surface area contributed by atoms with Gasteiger partial charge in [-0.1, -0.05) is 11.6 Å². The van der Waals surface area contributed by atoms with E-state index in [0.29, 0.717) is 58.7 Å². The first kappa shape index (κ1) is 46.7. The molecule has 0 saturated carbocycles. The molecule has 11 rings (SSSR count). The summed E-state index contributed by atoms with van der Waals surface area (Å²) in [6.45, 7) is 14.3. The van der Waals surface area contributed by atoms with Crippen LogP contribution in [-0.4, -0.2) is 107 Å². The average Bonchev–Trinajstić information content (AvgIpc) is 4.08. The van der Waals surface area contributed by atoms with E-state index in [1.54, 1.807) is 37.1 Å². The zero-order chi connectivity index (χ0) is 48.3. The lowest BCUT2D eigenvalue weighted by atomic mass is 9.73. The highest BCUT2D eigenvalue weighted by molar-refractivity contribution is 6.32. The maximum Gasteiger partial charge on any atom is 0.264 e. The van der Waals surface area contributed by atoms with Crippen molar-refractivity contribution in [3.8, 4) is 17.2 Å². The van der Waals surface area contributed by atoms with Gasteiger partial charge < -0.3 is 29.4 Å². The second-order valence-corrected chi connectivity index (χ2v) is 21.5. The summed E-state index contributed by atoms with van der Waals surface area (Å²) in [6.07, 6.45) is 11.2. The summed E-state index contributed by atoms with van der Waals surface area (Å²) in [5.74, 6) is 1.54. The molecule has 8 heterocycles. The molecule has 5 aromatic rings. The van der Waals surface area contributed by atoms with Gasteiger partial charge in [0, 0.05) is 143 Å². The Labute approximate surface area is 416 Å². The molecule has 6 aliphatic heterocycles. The number of benzene rings is 3. The lowest BCUT2D eigenvalue weighted by Gasteiger charge is -2.44. The minimum atomic E-state index is -2.64. The van der Waals surface area contributed by atoms with Gasteiger partial charge in [0.1, 0.15) is 6.07 Å². The summed E-state index contributed by atoms with van der Waals surface area (Å²) in [5, 5.41) is 19.6. The van der Waals surface area contributed by atoms with Crippen molar-refractivity contribution in [1.29, 1.82) is 5.26 Å². The first-order valence-electron chi connectivity index (χ1n) is 25.8. The van der Waals surface area contributed by atoms with Crippen molar-refractivity contribution >= 4 is 46.1 Å². The number of hydrogen-bond acceptors (Lipinski definition) is 9. The van der Waals surface area contributed by atoms with Gasteiger partial charge >= 0.3 is 0 Å². The Kier molecular flexibility index (Phi) is 12.8. The zero-order valence-electron chi connectivity index (χ0n) is 41.0. The molecule has 0 unspecified atom stereocenters. The molecular formula is C55H66ClF2N11O. The topological polar surface area (TPSA) is 95.9 Å². The van der Waals surface area contributed by atoms with Crippen LogP contribution < -0.4 is 19.6 Å². The molecule has 4 fully saturated rings. The molecule has 0 aliphatic carbocycles. The molecule has 0 radical (unpaired) electrons. The summed E-state index contributed by atoms with van der Waals surface area (Å²) >= 11 is 6.43. The lowest BCUT2D eigenvalue weighted by Crippen LogP contribution is -2.46. The molecule has 4 saturated heterocycles. The van der Waals surface area contributed by atoms with Crippen LogP contribution in [0.2, 0.25) is 5.02 Å². The van der Waals surface area contributed by atoms with Gasteiger partial charge in [0.25, 0.3) is 6.43 Å². The van der Waals surface area contributed by atoms with Crippen molar-refractivity contribution in [1.82, 2.24) is 29.4 Å². The monoisotopic (exact) mass is 970 g/mol. The number of carbonyl (C=O) groups is 1. The lowest BCUT2D eigenvalue weighted by molar-refractivity contribution is -0.129. The van der Waals surface area contributed by atoms with Gasteiger partial charge in [-0.3, -0.25) is 14.2 Å². The highest BCUT2D eigenvalue weighted by Gasteiger charge is 2.46. The first-order valence-corrected chi connectivity index (χ1v) is 26.2. The molecule has 6 aliphatic rings. The summed E-state index contributed by atoms with van der Waals surface area (Å²) in [4.78, 5) is 27.1. The van der Waals surface area contributed by atoms with E-state index in [4.69, 9.17) is 16.7 Å². The van der Waals surface area contributed by atoms with E-state index in [-0.39, 0.29) is 17.5 Å². The van der Waals surface area contributed by atoms with E-state index < -0.39 is 6.43 Å². The standard InChI is InChI=1S/C55H66ClF2N11O/c1-37-55(19-28-67(37)46-7-6-41(32-59)50(56)30-46)17-26-65(27-18-55)44-10-8-43(9-11-44)64-23-12-39(13-24-64)34-63-21-14-45(15-22-63)69-51-16-25-66(38(2)70)36-49(51)54(61-69)68-20-4-5-40-29-47(42-33-60-62(3)35-42)48(53(57)58)31-52(40)68/h6-11,29-31,33,35,37,39,45,53H,4-5,12-28,34,36H2,1-3H3/t37-/m1/s1. The van der Waals surface area contributed by atoms with Crippen LogP contribution in [0.25, 0.3) is 11.1 Å². The molecule has 2 aromatic heterocycles. The highest BCUT2D eigenvalue weighted by Crippen LogP contribution is 2.48. The molecule has 3 aromatic carbocycles. The maximum absolute atomic E-state index is 14.8. The molecule has 1 amide bonds. The Bertz CT molecular complexity index is 2760. The number of amides is 1. The second kappa shape index (κ2) is 19.2. The predicted molar refractivity (Wildman–Crippen MR) is 274 cm³/mol. The predicted octanol–water partition coefficient (Wildman–Crippen LogP) is 10.2. The summed E-state index contributed by atoms with van der Waals surface area (Å²) in [5.41, 5.74) is 9.92. The van der Waals surface area contributed by atoms with Crippen LogP contribution in [0, 0.1) is 22.7 Å². The van der Waals surface area contributed by atoms with Gasteiger partial charge in [0.15, 0.2) is 5.82 Å². The van der Waals surface area contributed by atoms with Crippen LogP contribution in [0.4, 0.5) is 37.3 Å².